The van der Waals surface area contributed by atoms with Gasteiger partial charge in [0.1, 0.15) is 5.75 Å². The number of hydrogen-bond donors (Lipinski definition) is 1. The number of carbonyl (C=O) groups excluding carboxylic acids is 1. The molecule has 186 valence electrons. The van der Waals surface area contributed by atoms with Gasteiger partial charge >= 0.3 is 0 Å². The zero-order valence-electron chi connectivity index (χ0n) is 21.0. The van der Waals surface area contributed by atoms with Gasteiger partial charge in [-0.1, -0.05) is 60.7 Å². The molecule has 0 spiro atoms. The lowest BCUT2D eigenvalue weighted by Gasteiger charge is -2.42. The molecule has 0 aliphatic carbocycles. The minimum Gasteiger partial charge on any atom is -0.493 e. The van der Waals surface area contributed by atoms with Crippen molar-refractivity contribution < 1.29 is 9.53 Å². The van der Waals surface area contributed by atoms with Crippen molar-refractivity contribution in [3.8, 4) is 5.75 Å². The average Bonchev–Trinajstić information content (AvgIpc) is 3.38. The molecule has 1 N–H and O–H groups in total. The van der Waals surface area contributed by atoms with Crippen LogP contribution in [0.4, 0.5) is 0 Å². The third kappa shape index (κ3) is 5.97. The molecule has 5 heteroatoms. The lowest BCUT2D eigenvalue weighted by molar-refractivity contribution is -0.134. The first-order chi connectivity index (χ1) is 17.6. The van der Waals surface area contributed by atoms with Gasteiger partial charge in [-0.25, -0.2) is 0 Å². The van der Waals surface area contributed by atoms with Crippen LogP contribution in [0.5, 0.6) is 5.75 Å². The van der Waals surface area contributed by atoms with Crippen LogP contribution in [-0.2, 0) is 17.9 Å². The molecule has 0 saturated carbocycles. The monoisotopic (exact) mass is 481 g/mol. The second-order valence-electron chi connectivity index (χ2n) is 10.2. The van der Waals surface area contributed by atoms with Gasteiger partial charge < -0.3 is 14.6 Å². The van der Waals surface area contributed by atoms with Crippen LogP contribution < -0.4 is 4.74 Å². The van der Waals surface area contributed by atoms with Gasteiger partial charge in [-0.3, -0.25) is 9.69 Å². The van der Waals surface area contributed by atoms with E-state index >= 15 is 0 Å². The third-order valence-electron chi connectivity index (χ3n) is 7.45. The first kappa shape index (κ1) is 24.1. The van der Waals surface area contributed by atoms with E-state index in [4.69, 9.17) is 4.74 Å². The van der Waals surface area contributed by atoms with E-state index in [1.165, 1.54) is 16.5 Å². The minimum absolute atomic E-state index is 0.169. The number of carbonyl (C=O) groups is 1. The summed E-state index contributed by atoms with van der Waals surface area (Å²) in [5, 5.41) is 1.24. The van der Waals surface area contributed by atoms with Crippen LogP contribution in [-0.4, -0.2) is 47.4 Å². The number of hydrogen-bond acceptors (Lipinski definition) is 3. The van der Waals surface area contributed by atoms with Crippen LogP contribution >= 0.6 is 0 Å². The van der Waals surface area contributed by atoms with Crippen molar-refractivity contribution in [2.24, 2.45) is 5.41 Å². The van der Waals surface area contributed by atoms with Crippen molar-refractivity contribution in [2.75, 3.05) is 26.7 Å². The Morgan fingerprint density at radius 3 is 2.42 bits per heavy atom. The van der Waals surface area contributed by atoms with Gasteiger partial charge in [-0.2, -0.15) is 0 Å². The number of rotatable bonds is 9. The number of nitrogens with zero attached hydrogens (tertiary/aromatic N) is 2. The van der Waals surface area contributed by atoms with Gasteiger partial charge in [0.05, 0.1) is 6.61 Å². The SMILES string of the molecule is CN(Cc1ccccc1)C(=O)CC1(COc2ccccc2)CCN(Cc2ccc3cc[nH]c3c2)CC1. The fourth-order valence-electron chi connectivity index (χ4n) is 5.16. The van der Waals surface area contributed by atoms with Gasteiger partial charge in [0, 0.05) is 43.7 Å². The number of amides is 1. The number of para-hydroxylation sites is 1. The summed E-state index contributed by atoms with van der Waals surface area (Å²) in [5.74, 6) is 1.05. The quantitative estimate of drug-likeness (QED) is 0.325. The van der Waals surface area contributed by atoms with Gasteiger partial charge in [0.15, 0.2) is 0 Å². The van der Waals surface area contributed by atoms with E-state index in [1.54, 1.807) is 0 Å². The highest BCUT2D eigenvalue weighted by molar-refractivity contribution is 5.79. The Bertz CT molecular complexity index is 1260. The van der Waals surface area contributed by atoms with Crippen LogP contribution in [0.25, 0.3) is 10.9 Å². The Labute approximate surface area is 213 Å². The highest BCUT2D eigenvalue weighted by Gasteiger charge is 2.38. The predicted octanol–water partition coefficient (Wildman–Crippen LogP) is 5.88. The molecule has 4 aromatic rings. The summed E-state index contributed by atoms with van der Waals surface area (Å²) < 4.78 is 6.25. The molecule has 0 bridgehead atoms. The Morgan fingerprint density at radius 1 is 0.944 bits per heavy atom. The molecule has 1 saturated heterocycles. The van der Waals surface area contributed by atoms with E-state index in [-0.39, 0.29) is 11.3 Å². The highest BCUT2D eigenvalue weighted by Crippen LogP contribution is 2.37. The molecule has 1 aliphatic heterocycles. The topological polar surface area (TPSA) is 48.6 Å². The second-order valence-corrected chi connectivity index (χ2v) is 10.2. The zero-order chi connectivity index (χ0) is 24.8. The van der Waals surface area contributed by atoms with Crippen LogP contribution in [0, 0.1) is 5.41 Å². The summed E-state index contributed by atoms with van der Waals surface area (Å²) in [6.07, 6.45) is 4.37. The summed E-state index contributed by atoms with van der Waals surface area (Å²) >= 11 is 0. The van der Waals surface area contributed by atoms with E-state index in [9.17, 15) is 4.79 Å². The van der Waals surface area contributed by atoms with Crippen LogP contribution in [0.1, 0.15) is 30.4 Å². The number of piperidine rings is 1. The molecular formula is C31H35N3O2. The maximum Gasteiger partial charge on any atom is 0.223 e. The van der Waals surface area contributed by atoms with Crippen molar-refractivity contribution in [2.45, 2.75) is 32.4 Å². The van der Waals surface area contributed by atoms with Crippen molar-refractivity contribution >= 4 is 16.8 Å². The number of likely N-dealkylation sites (tertiary alicyclic amines) is 1. The van der Waals surface area contributed by atoms with Gasteiger partial charge in [-0.15, -0.1) is 0 Å². The standard InChI is InChI=1S/C31H35N3O2/c1-33(22-25-8-4-2-5-9-25)30(35)21-31(24-36-28-10-6-3-7-11-28)15-18-34(19-16-31)23-26-12-13-27-14-17-32-29(27)20-26/h2-14,17,20,32H,15-16,18-19,21-24H2,1H3. The first-order valence-corrected chi connectivity index (χ1v) is 12.8. The van der Waals surface area contributed by atoms with Crippen molar-refractivity contribution in [1.82, 2.24) is 14.8 Å². The number of aromatic amines is 1. The van der Waals surface area contributed by atoms with E-state index in [2.05, 4.69) is 46.3 Å². The van der Waals surface area contributed by atoms with E-state index in [1.807, 2.05) is 66.7 Å². The summed E-state index contributed by atoms with van der Waals surface area (Å²) in [6, 6.07) is 28.9. The average molecular weight is 482 g/mol. The minimum atomic E-state index is -0.169. The van der Waals surface area contributed by atoms with E-state index < -0.39 is 0 Å². The molecule has 1 fully saturated rings. The molecule has 0 atom stereocenters. The number of nitrogens with one attached hydrogen (secondary N) is 1. The third-order valence-corrected chi connectivity index (χ3v) is 7.45. The summed E-state index contributed by atoms with van der Waals surface area (Å²) in [5.41, 5.74) is 3.48. The van der Waals surface area contributed by atoms with Crippen LogP contribution in [0.15, 0.2) is 91.1 Å². The molecular weight excluding hydrogens is 446 g/mol. The molecule has 0 radical (unpaired) electrons. The molecule has 1 aromatic heterocycles. The predicted molar refractivity (Wildman–Crippen MR) is 145 cm³/mol. The molecule has 2 heterocycles. The highest BCUT2D eigenvalue weighted by atomic mass is 16.5. The van der Waals surface area contributed by atoms with Crippen LogP contribution in [0.2, 0.25) is 0 Å². The molecule has 3 aromatic carbocycles. The Hall–Kier alpha value is -3.57. The smallest absolute Gasteiger partial charge is 0.223 e. The molecule has 1 amide bonds. The fourth-order valence-corrected chi connectivity index (χ4v) is 5.16. The van der Waals surface area contributed by atoms with Crippen molar-refractivity contribution in [3.05, 3.63) is 102 Å². The molecule has 5 nitrogen and oxygen atoms in total. The molecule has 5 rings (SSSR count). The molecule has 1 aliphatic rings. The number of benzene rings is 3. The normalized spacial score (nSPS) is 15.6. The Morgan fingerprint density at radius 2 is 1.67 bits per heavy atom. The summed E-state index contributed by atoms with van der Waals surface area (Å²) in [4.78, 5) is 21.0. The molecule has 0 unspecified atom stereocenters. The maximum absolute atomic E-state index is 13.4. The number of H-pyrrole nitrogens is 1. The largest absolute Gasteiger partial charge is 0.493 e. The lowest BCUT2D eigenvalue weighted by Crippen LogP contribution is -2.45. The number of ether oxygens (including phenoxy) is 1. The van der Waals surface area contributed by atoms with Crippen molar-refractivity contribution in [3.63, 3.8) is 0 Å². The van der Waals surface area contributed by atoms with Gasteiger partial charge in [0.2, 0.25) is 5.91 Å². The summed E-state index contributed by atoms with van der Waals surface area (Å²) in [6.45, 7) is 4.02. The number of aromatic nitrogens is 1. The second kappa shape index (κ2) is 11.0. The number of fused-ring (bicyclic) bond motifs is 1. The fraction of sp³-hybridized carbons (Fsp3) is 0.323. The zero-order valence-corrected chi connectivity index (χ0v) is 21.0. The first-order valence-electron chi connectivity index (χ1n) is 12.8. The van der Waals surface area contributed by atoms with E-state index in [0.29, 0.717) is 19.6 Å². The Balaban J connectivity index is 1.24. The van der Waals surface area contributed by atoms with Gasteiger partial charge in [-0.05, 0) is 66.7 Å². The molecule has 36 heavy (non-hydrogen) atoms. The van der Waals surface area contributed by atoms with Crippen molar-refractivity contribution in [1.29, 1.82) is 0 Å². The Kier molecular flexibility index (Phi) is 7.38. The van der Waals surface area contributed by atoms with Gasteiger partial charge in [0.25, 0.3) is 0 Å². The van der Waals surface area contributed by atoms with Crippen LogP contribution in [0.3, 0.4) is 0 Å². The lowest BCUT2D eigenvalue weighted by atomic mass is 9.75. The maximum atomic E-state index is 13.4. The van der Waals surface area contributed by atoms with E-state index in [0.717, 1.165) is 43.8 Å². The summed E-state index contributed by atoms with van der Waals surface area (Å²) in [7, 11) is 1.91.